The standard InChI is InChI=1S/C17H25FN2O2/c1-4-19-8-9-22-16(12-19)17(21)20(13(2)3)11-14-6-5-7-15(18)10-14/h5-7,10,13,16H,4,8-9,11-12H2,1-3H3. The molecule has 0 bridgehead atoms. The molecule has 1 aliphatic rings. The fourth-order valence-corrected chi connectivity index (χ4v) is 2.67. The molecule has 1 atom stereocenters. The van der Waals surface area contributed by atoms with Gasteiger partial charge < -0.3 is 9.64 Å². The minimum Gasteiger partial charge on any atom is -0.366 e. The number of halogens is 1. The first-order valence-corrected chi connectivity index (χ1v) is 7.90. The molecule has 0 N–H and O–H groups in total. The number of morpholine rings is 1. The topological polar surface area (TPSA) is 32.8 Å². The zero-order chi connectivity index (χ0) is 16.1. The Bertz CT molecular complexity index is 507. The van der Waals surface area contributed by atoms with Gasteiger partial charge in [0.15, 0.2) is 0 Å². The molecule has 0 spiro atoms. The van der Waals surface area contributed by atoms with Crippen molar-refractivity contribution in [1.82, 2.24) is 9.80 Å². The lowest BCUT2D eigenvalue weighted by Gasteiger charge is -2.36. The number of likely N-dealkylation sites (N-methyl/N-ethyl adjacent to an activating group) is 1. The van der Waals surface area contributed by atoms with Crippen LogP contribution in [-0.2, 0) is 16.1 Å². The number of hydrogen-bond acceptors (Lipinski definition) is 3. The molecule has 0 aromatic heterocycles. The third-order valence-corrected chi connectivity index (χ3v) is 4.02. The van der Waals surface area contributed by atoms with Crippen molar-refractivity contribution in [1.29, 1.82) is 0 Å². The quantitative estimate of drug-likeness (QED) is 0.836. The molecule has 0 radical (unpaired) electrons. The van der Waals surface area contributed by atoms with Gasteiger partial charge in [-0.2, -0.15) is 0 Å². The summed E-state index contributed by atoms with van der Waals surface area (Å²) >= 11 is 0. The zero-order valence-electron chi connectivity index (χ0n) is 13.6. The highest BCUT2D eigenvalue weighted by Crippen LogP contribution is 2.15. The molecule has 4 nitrogen and oxygen atoms in total. The van der Waals surface area contributed by atoms with Gasteiger partial charge in [0.1, 0.15) is 11.9 Å². The van der Waals surface area contributed by atoms with Crippen molar-refractivity contribution in [3.8, 4) is 0 Å². The van der Waals surface area contributed by atoms with Crippen molar-refractivity contribution in [2.45, 2.75) is 39.5 Å². The number of benzene rings is 1. The van der Waals surface area contributed by atoms with Crippen LogP contribution in [0.4, 0.5) is 4.39 Å². The van der Waals surface area contributed by atoms with Crippen LogP contribution < -0.4 is 0 Å². The van der Waals surface area contributed by atoms with Crippen LogP contribution in [0.25, 0.3) is 0 Å². The number of hydrogen-bond donors (Lipinski definition) is 0. The maximum Gasteiger partial charge on any atom is 0.253 e. The lowest BCUT2D eigenvalue weighted by Crippen LogP contribution is -2.52. The molecule has 1 amide bonds. The van der Waals surface area contributed by atoms with E-state index in [9.17, 15) is 9.18 Å². The average Bonchev–Trinajstić information content (AvgIpc) is 2.52. The van der Waals surface area contributed by atoms with Crippen molar-refractivity contribution in [3.05, 3.63) is 35.6 Å². The molecule has 1 fully saturated rings. The summed E-state index contributed by atoms with van der Waals surface area (Å²) in [5, 5.41) is 0. The monoisotopic (exact) mass is 308 g/mol. The minimum atomic E-state index is -0.426. The van der Waals surface area contributed by atoms with Gasteiger partial charge in [-0.15, -0.1) is 0 Å². The van der Waals surface area contributed by atoms with E-state index in [-0.39, 0.29) is 17.8 Å². The molecule has 1 saturated heterocycles. The molecule has 1 unspecified atom stereocenters. The molecule has 5 heteroatoms. The Labute approximate surface area is 131 Å². The molecule has 0 aliphatic carbocycles. The van der Waals surface area contributed by atoms with Crippen molar-refractivity contribution in [2.75, 3.05) is 26.2 Å². The highest BCUT2D eigenvalue weighted by molar-refractivity contribution is 5.81. The third kappa shape index (κ3) is 4.27. The van der Waals surface area contributed by atoms with Crippen LogP contribution in [-0.4, -0.2) is 54.1 Å². The Kier molecular flexibility index (Phi) is 5.91. The van der Waals surface area contributed by atoms with E-state index in [1.54, 1.807) is 11.0 Å². The minimum absolute atomic E-state index is 0.0163. The van der Waals surface area contributed by atoms with E-state index in [4.69, 9.17) is 4.74 Å². The highest BCUT2D eigenvalue weighted by Gasteiger charge is 2.30. The van der Waals surface area contributed by atoms with E-state index in [1.165, 1.54) is 12.1 Å². The first-order chi connectivity index (χ1) is 10.5. The smallest absolute Gasteiger partial charge is 0.253 e. The van der Waals surface area contributed by atoms with Crippen molar-refractivity contribution in [3.63, 3.8) is 0 Å². The number of ether oxygens (including phenoxy) is 1. The van der Waals surface area contributed by atoms with Gasteiger partial charge in [0.05, 0.1) is 6.61 Å². The van der Waals surface area contributed by atoms with Crippen LogP contribution in [0.1, 0.15) is 26.3 Å². The lowest BCUT2D eigenvalue weighted by atomic mass is 10.1. The van der Waals surface area contributed by atoms with Gasteiger partial charge in [-0.25, -0.2) is 4.39 Å². The maximum atomic E-state index is 13.3. The third-order valence-electron chi connectivity index (χ3n) is 4.02. The first-order valence-electron chi connectivity index (χ1n) is 7.90. The average molecular weight is 308 g/mol. The van der Waals surface area contributed by atoms with Gasteiger partial charge >= 0.3 is 0 Å². The van der Waals surface area contributed by atoms with E-state index in [2.05, 4.69) is 11.8 Å². The van der Waals surface area contributed by atoms with Crippen LogP contribution in [0, 0.1) is 5.82 Å². The molecular formula is C17H25FN2O2. The number of amides is 1. The number of carbonyl (C=O) groups is 1. The molecular weight excluding hydrogens is 283 g/mol. The van der Waals surface area contributed by atoms with Gasteiger partial charge in [-0.05, 0) is 38.1 Å². The molecule has 1 heterocycles. The molecule has 1 aromatic carbocycles. The number of nitrogens with zero attached hydrogens (tertiary/aromatic N) is 2. The predicted molar refractivity (Wildman–Crippen MR) is 83.9 cm³/mol. The van der Waals surface area contributed by atoms with E-state index in [0.29, 0.717) is 19.7 Å². The Morgan fingerprint density at radius 2 is 2.27 bits per heavy atom. The van der Waals surface area contributed by atoms with Gasteiger partial charge in [-0.1, -0.05) is 19.1 Å². The van der Waals surface area contributed by atoms with E-state index in [0.717, 1.165) is 18.7 Å². The summed E-state index contributed by atoms with van der Waals surface area (Å²) in [7, 11) is 0. The Morgan fingerprint density at radius 1 is 1.50 bits per heavy atom. The predicted octanol–water partition coefficient (Wildman–Crippen LogP) is 2.28. The first kappa shape index (κ1) is 16.9. The summed E-state index contributed by atoms with van der Waals surface area (Å²) < 4.78 is 19.0. The van der Waals surface area contributed by atoms with Crippen LogP contribution in [0.2, 0.25) is 0 Å². The summed E-state index contributed by atoms with van der Waals surface area (Å²) in [4.78, 5) is 16.7. The summed E-state index contributed by atoms with van der Waals surface area (Å²) in [6, 6.07) is 6.43. The second kappa shape index (κ2) is 7.70. The Morgan fingerprint density at radius 3 is 2.91 bits per heavy atom. The van der Waals surface area contributed by atoms with Crippen LogP contribution >= 0.6 is 0 Å². The molecule has 2 rings (SSSR count). The Hall–Kier alpha value is -1.46. The van der Waals surface area contributed by atoms with Gasteiger partial charge in [-0.3, -0.25) is 9.69 Å². The molecule has 1 aromatic rings. The van der Waals surface area contributed by atoms with Crippen molar-refractivity contribution >= 4 is 5.91 Å². The fraction of sp³-hybridized carbons (Fsp3) is 0.588. The molecule has 122 valence electrons. The van der Waals surface area contributed by atoms with Gasteiger partial charge in [0.25, 0.3) is 5.91 Å². The van der Waals surface area contributed by atoms with Crippen molar-refractivity contribution in [2.24, 2.45) is 0 Å². The van der Waals surface area contributed by atoms with Crippen LogP contribution in [0.15, 0.2) is 24.3 Å². The summed E-state index contributed by atoms with van der Waals surface area (Å²) in [6.45, 7) is 9.41. The number of rotatable bonds is 5. The largest absolute Gasteiger partial charge is 0.366 e. The van der Waals surface area contributed by atoms with Gasteiger partial charge in [0, 0.05) is 25.7 Å². The molecule has 0 saturated carbocycles. The summed E-state index contributed by atoms with van der Waals surface area (Å²) in [6.07, 6.45) is -0.426. The van der Waals surface area contributed by atoms with Crippen LogP contribution in [0.5, 0.6) is 0 Å². The van der Waals surface area contributed by atoms with E-state index in [1.807, 2.05) is 19.9 Å². The molecule has 22 heavy (non-hydrogen) atoms. The Balaban J connectivity index is 2.08. The molecule has 1 aliphatic heterocycles. The second-order valence-electron chi connectivity index (χ2n) is 5.94. The number of carbonyl (C=O) groups excluding carboxylic acids is 1. The van der Waals surface area contributed by atoms with E-state index >= 15 is 0 Å². The van der Waals surface area contributed by atoms with Gasteiger partial charge in [0.2, 0.25) is 0 Å². The summed E-state index contributed by atoms with van der Waals surface area (Å²) in [5.74, 6) is -0.294. The van der Waals surface area contributed by atoms with E-state index < -0.39 is 6.10 Å². The second-order valence-corrected chi connectivity index (χ2v) is 5.94. The van der Waals surface area contributed by atoms with Crippen molar-refractivity contribution < 1.29 is 13.9 Å². The highest BCUT2D eigenvalue weighted by atomic mass is 19.1. The lowest BCUT2D eigenvalue weighted by molar-refractivity contribution is -0.151. The fourth-order valence-electron chi connectivity index (χ4n) is 2.67. The van der Waals surface area contributed by atoms with Crippen LogP contribution in [0.3, 0.4) is 0 Å². The summed E-state index contributed by atoms with van der Waals surface area (Å²) in [5.41, 5.74) is 0.796. The maximum absolute atomic E-state index is 13.3. The SMILES string of the molecule is CCN1CCOC(C(=O)N(Cc2cccc(F)c2)C(C)C)C1. The zero-order valence-corrected chi connectivity index (χ0v) is 13.6. The normalized spacial score (nSPS) is 19.4.